The van der Waals surface area contributed by atoms with Crippen molar-refractivity contribution >= 4 is 28.6 Å². The molecule has 3 rings (SSSR count). The molecule has 0 unspecified atom stereocenters. The van der Waals surface area contributed by atoms with Crippen LogP contribution in [0, 0.1) is 5.92 Å². The van der Waals surface area contributed by atoms with Crippen LogP contribution in [-0.2, 0) is 9.53 Å². The van der Waals surface area contributed by atoms with Gasteiger partial charge in [0.1, 0.15) is 0 Å². The summed E-state index contributed by atoms with van der Waals surface area (Å²) in [5.41, 5.74) is 1.28. The predicted molar refractivity (Wildman–Crippen MR) is 126 cm³/mol. The summed E-state index contributed by atoms with van der Waals surface area (Å²) in [6, 6.07) is 18.7. The highest BCUT2D eigenvalue weighted by molar-refractivity contribution is 6.01. The monoisotopic (exact) mass is 432 g/mol. The molecule has 0 saturated carbocycles. The van der Waals surface area contributed by atoms with Gasteiger partial charge in [0.25, 0.3) is 0 Å². The second-order valence-electron chi connectivity index (χ2n) is 7.77. The Balaban J connectivity index is 1.59. The van der Waals surface area contributed by atoms with E-state index in [1.54, 1.807) is 18.2 Å². The van der Waals surface area contributed by atoms with Crippen LogP contribution in [-0.4, -0.2) is 31.6 Å². The minimum Gasteiger partial charge on any atom is -0.490 e. The summed E-state index contributed by atoms with van der Waals surface area (Å²) in [7, 11) is 0. The summed E-state index contributed by atoms with van der Waals surface area (Å²) >= 11 is 0. The van der Waals surface area contributed by atoms with Crippen molar-refractivity contribution in [2.24, 2.45) is 5.92 Å². The highest BCUT2D eigenvalue weighted by Crippen LogP contribution is 2.29. The molecule has 0 spiro atoms. The second kappa shape index (κ2) is 11.1. The molecule has 0 fully saturated rings. The van der Waals surface area contributed by atoms with Gasteiger partial charge in [-0.2, -0.15) is 0 Å². The highest BCUT2D eigenvalue weighted by atomic mass is 16.5. The van der Waals surface area contributed by atoms with Gasteiger partial charge in [-0.3, -0.25) is 4.79 Å². The third-order valence-corrected chi connectivity index (χ3v) is 4.67. The van der Waals surface area contributed by atoms with Crippen molar-refractivity contribution in [1.82, 2.24) is 0 Å². The fraction of sp³-hybridized carbons (Fsp3) is 0.259. The van der Waals surface area contributed by atoms with Gasteiger partial charge in [-0.15, -0.1) is 0 Å². The summed E-state index contributed by atoms with van der Waals surface area (Å²) < 4.78 is 16.6. The number of ketones is 1. The Bertz CT molecular complexity index is 1110. The first-order chi connectivity index (χ1) is 15.5. The minimum atomic E-state index is -0.586. The van der Waals surface area contributed by atoms with Gasteiger partial charge < -0.3 is 14.2 Å². The summed E-state index contributed by atoms with van der Waals surface area (Å²) in [5.74, 6) is 0.854. The lowest BCUT2D eigenvalue weighted by Gasteiger charge is -2.14. The molecule has 32 heavy (non-hydrogen) atoms. The fourth-order valence-electron chi connectivity index (χ4n) is 3.07. The zero-order chi connectivity index (χ0) is 22.9. The van der Waals surface area contributed by atoms with Gasteiger partial charge in [-0.1, -0.05) is 56.3 Å². The molecule has 0 aliphatic heterocycles. The average molecular weight is 433 g/mol. The van der Waals surface area contributed by atoms with Gasteiger partial charge in [0.15, 0.2) is 23.9 Å². The molecule has 0 atom stereocenters. The van der Waals surface area contributed by atoms with Crippen molar-refractivity contribution in [3.8, 4) is 11.5 Å². The molecule has 5 heteroatoms. The predicted octanol–water partition coefficient (Wildman–Crippen LogP) is 5.71. The molecule has 0 aromatic heterocycles. The Morgan fingerprint density at radius 1 is 0.906 bits per heavy atom. The smallest absolute Gasteiger partial charge is 0.331 e. The van der Waals surface area contributed by atoms with E-state index in [-0.39, 0.29) is 12.4 Å². The van der Waals surface area contributed by atoms with Crippen LogP contribution in [0.15, 0.2) is 66.7 Å². The third-order valence-electron chi connectivity index (χ3n) is 4.67. The number of hydrogen-bond donors (Lipinski definition) is 0. The molecule has 0 radical (unpaired) electrons. The van der Waals surface area contributed by atoms with Crippen LogP contribution >= 0.6 is 0 Å². The van der Waals surface area contributed by atoms with E-state index in [1.165, 1.54) is 6.08 Å². The number of esters is 1. The minimum absolute atomic E-state index is 0.247. The normalized spacial score (nSPS) is 11.1. The SMILES string of the molecule is CCOc1cc(/C=C/C(=O)OCC(=O)c2ccc3ccccc3c2)ccc1OCC(C)C. The number of ether oxygens (including phenoxy) is 3. The number of carbonyl (C=O) groups excluding carboxylic acids is 2. The molecule has 0 heterocycles. The Hall–Kier alpha value is -3.60. The summed E-state index contributed by atoms with van der Waals surface area (Å²) in [6.07, 6.45) is 2.92. The van der Waals surface area contributed by atoms with E-state index in [9.17, 15) is 9.59 Å². The van der Waals surface area contributed by atoms with Crippen LogP contribution in [0.2, 0.25) is 0 Å². The van der Waals surface area contributed by atoms with Crippen LogP contribution in [0.4, 0.5) is 0 Å². The van der Waals surface area contributed by atoms with Crippen molar-refractivity contribution in [2.45, 2.75) is 20.8 Å². The largest absolute Gasteiger partial charge is 0.490 e. The lowest BCUT2D eigenvalue weighted by Crippen LogP contribution is -2.12. The number of fused-ring (bicyclic) bond motifs is 1. The van der Waals surface area contributed by atoms with Crippen LogP contribution in [0.1, 0.15) is 36.7 Å². The van der Waals surface area contributed by atoms with Gasteiger partial charge in [0.2, 0.25) is 0 Å². The first-order valence-electron chi connectivity index (χ1n) is 10.7. The number of carbonyl (C=O) groups is 2. The van der Waals surface area contributed by atoms with Crippen molar-refractivity contribution in [3.05, 3.63) is 77.9 Å². The summed E-state index contributed by atoms with van der Waals surface area (Å²) in [5, 5.41) is 2.02. The van der Waals surface area contributed by atoms with Gasteiger partial charge in [0, 0.05) is 11.6 Å². The molecule has 5 nitrogen and oxygen atoms in total. The summed E-state index contributed by atoms with van der Waals surface area (Å²) in [6.45, 7) is 6.84. The molecule has 3 aromatic carbocycles. The Kier molecular flexibility index (Phi) is 8.03. The molecule has 0 saturated heterocycles. The third kappa shape index (κ3) is 6.45. The van der Waals surface area contributed by atoms with E-state index in [0.29, 0.717) is 36.2 Å². The van der Waals surface area contributed by atoms with Gasteiger partial charge >= 0.3 is 5.97 Å². The standard InChI is InChI=1S/C27H28O5/c1-4-30-26-15-20(9-13-25(26)31-17-19(2)3)10-14-27(29)32-18-24(28)23-12-11-21-7-5-6-8-22(21)16-23/h5-16,19H,4,17-18H2,1-3H3/b14-10+. The van der Waals surface area contributed by atoms with Crippen molar-refractivity contribution < 1.29 is 23.8 Å². The molecule has 0 N–H and O–H groups in total. The van der Waals surface area contributed by atoms with E-state index >= 15 is 0 Å². The van der Waals surface area contributed by atoms with E-state index in [1.807, 2.05) is 55.5 Å². The number of benzene rings is 3. The molecule has 0 aliphatic rings. The Morgan fingerprint density at radius 2 is 1.69 bits per heavy atom. The van der Waals surface area contributed by atoms with Gasteiger partial charge in [-0.05, 0) is 53.5 Å². The van der Waals surface area contributed by atoms with Crippen molar-refractivity contribution in [2.75, 3.05) is 19.8 Å². The zero-order valence-electron chi connectivity index (χ0n) is 18.7. The van der Waals surface area contributed by atoms with E-state index in [2.05, 4.69) is 13.8 Å². The Morgan fingerprint density at radius 3 is 2.44 bits per heavy atom. The lowest BCUT2D eigenvalue weighted by atomic mass is 10.0. The topological polar surface area (TPSA) is 61.8 Å². The van der Waals surface area contributed by atoms with Crippen LogP contribution in [0.25, 0.3) is 16.8 Å². The van der Waals surface area contributed by atoms with Crippen molar-refractivity contribution in [3.63, 3.8) is 0 Å². The lowest BCUT2D eigenvalue weighted by molar-refractivity contribution is -0.136. The van der Waals surface area contributed by atoms with Crippen LogP contribution in [0.5, 0.6) is 11.5 Å². The summed E-state index contributed by atoms with van der Waals surface area (Å²) in [4.78, 5) is 24.5. The molecular weight excluding hydrogens is 404 g/mol. The average Bonchev–Trinajstić information content (AvgIpc) is 2.80. The van der Waals surface area contributed by atoms with E-state index in [0.717, 1.165) is 16.3 Å². The van der Waals surface area contributed by atoms with Crippen LogP contribution in [0.3, 0.4) is 0 Å². The maximum absolute atomic E-state index is 12.4. The molecule has 0 aliphatic carbocycles. The van der Waals surface area contributed by atoms with Crippen LogP contribution < -0.4 is 9.47 Å². The highest BCUT2D eigenvalue weighted by Gasteiger charge is 2.10. The second-order valence-corrected chi connectivity index (χ2v) is 7.77. The first kappa shape index (κ1) is 23.1. The quantitative estimate of drug-likeness (QED) is 0.233. The van der Waals surface area contributed by atoms with Gasteiger partial charge in [0.05, 0.1) is 13.2 Å². The maximum atomic E-state index is 12.4. The van der Waals surface area contributed by atoms with E-state index in [4.69, 9.17) is 14.2 Å². The van der Waals surface area contributed by atoms with Crippen molar-refractivity contribution in [1.29, 1.82) is 0 Å². The van der Waals surface area contributed by atoms with Gasteiger partial charge in [-0.25, -0.2) is 4.79 Å². The molecule has 0 bridgehead atoms. The fourth-order valence-corrected chi connectivity index (χ4v) is 3.07. The molecule has 3 aromatic rings. The van der Waals surface area contributed by atoms with E-state index < -0.39 is 5.97 Å². The maximum Gasteiger partial charge on any atom is 0.331 e. The number of Topliss-reactive ketones (excluding diaryl/α,β-unsaturated/α-hetero) is 1. The molecular formula is C27H28O5. The number of hydrogen-bond acceptors (Lipinski definition) is 5. The Labute approximate surface area is 188 Å². The zero-order valence-corrected chi connectivity index (χ0v) is 18.7. The number of rotatable bonds is 10. The first-order valence-corrected chi connectivity index (χ1v) is 10.7. The molecule has 0 amide bonds. The molecule has 166 valence electrons.